The first-order chi connectivity index (χ1) is 10.9. The van der Waals surface area contributed by atoms with Gasteiger partial charge in [0.2, 0.25) is 5.91 Å². The van der Waals surface area contributed by atoms with E-state index in [1.54, 1.807) is 12.2 Å². The van der Waals surface area contributed by atoms with Gasteiger partial charge in [-0.15, -0.1) is 0 Å². The van der Waals surface area contributed by atoms with Crippen molar-refractivity contribution in [1.82, 2.24) is 0 Å². The van der Waals surface area contributed by atoms with Gasteiger partial charge in [-0.25, -0.2) is 0 Å². The molecule has 1 fully saturated rings. The highest BCUT2D eigenvalue weighted by Gasteiger charge is 2.50. The average molecular weight is 338 g/mol. The number of carbonyl (C=O) groups excluding carboxylic acids is 2. The molecular weight excluding hydrogens is 328 g/mol. The highest BCUT2D eigenvalue weighted by atomic mass is 35.5. The van der Waals surface area contributed by atoms with Crippen LogP contribution < -0.4 is 10.4 Å². The molecule has 1 aromatic rings. The molecule has 2 heterocycles. The van der Waals surface area contributed by atoms with Gasteiger partial charge < -0.3 is 20.0 Å². The first-order valence-electron chi connectivity index (χ1n) is 6.68. The van der Waals surface area contributed by atoms with E-state index in [-0.39, 0.29) is 16.4 Å². The SMILES string of the molecule is O=C([O-])[C@@H]1[C@H](C(=O)Nc2ccc(Cl)c([N+](=O)[O-])c2)[C@@H]2C=C[C@H]1O2. The minimum absolute atomic E-state index is 0.0631. The minimum Gasteiger partial charge on any atom is -0.550 e. The number of hydrogen-bond donors (Lipinski definition) is 1. The van der Waals surface area contributed by atoms with Crippen LogP contribution in [0.5, 0.6) is 0 Å². The summed E-state index contributed by atoms with van der Waals surface area (Å²) in [6.07, 6.45) is 1.87. The van der Waals surface area contributed by atoms with Gasteiger partial charge in [-0.3, -0.25) is 14.9 Å². The molecule has 120 valence electrons. The van der Waals surface area contributed by atoms with Crippen LogP contribution in [0.3, 0.4) is 0 Å². The second kappa shape index (κ2) is 5.64. The Bertz CT molecular complexity index is 734. The van der Waals surface area contributed by atoms with Crippen LogP contribution in [0.1, 0.15) is 0 Å². The maximum atomic E-state index is 12.4. The predicted octanol–water partition coefficient (Wildman–Crippen LogP) is 0.506. The number of ether oxygens (including phenoxy) is 1. The third-order valence-corrected chi connectivity index (χ3v) is 4.20. The molecule has 23 heavy (non-hydrogen) atoms. The normalized spacial score (nSPS) is 27.9. The topological polar surface area (TPSA) is 122 Å². The zero-order valence-corrected chi connectivity index (χ0v) is 12.2. The number of carboxylic acids is 1. The number of rotatable bonds is 4. The molecular formula is C14H10ClN2O6-. The van der Waals surface area contributed by atoms with E-state index in [4.69, 9.17) is 16.3 Å². The molecule has 9 heteroatoms. The molecule has 8 nitrogen and oxygen atoms in total. The smallest absolute Gasteiger partial charge is 0.289 e. The van der Waals surface area contributed by atoms with E-state index in [2.05, 4.69) is 5.32 Å². The number of carbonyl (C=O) groups is 2. The van der Waals surface area contributed by atoms with Crippen LogP contribution in [0.4, 0.5) is 11.4 Å². The quantitative estimate of drug-likeness (QED) is 0.485. The van der Waals surface area contributed by atoms with Gasteiger partial charge in [0.25, 0.3) is 5.69 Å². The van der Waals surface area contributed by atoms with Crippen molar-refractivity contribution in [2.45, 2.75) is 12.2 Å². The second-order valence-electron chi connectivity index (χ2n) is 5.23. The lowest BCUT2D eigenvalue weighted by Crippen LogP contribution is -2.45. The van der Waals surface area contributed by atoms with Crippen LogP contribution in [0.2, 0.25) is 5.02 Å². The highest BCUT2D eigenvalue weighted by molar-refractivity contribution is 6.32. The van der Waals surface area contributed by atoms with Crippen molar-refractivity contribution in [1.29, 1.82) is 0 Å². The third kappa shape index (κ3) is 2.66. The van der Waals surface area contributed by atoms with E-state index in [1.807, 2.05) is 0 Å². The zero-order chi connectivity index (χ0) is 16.7. The van der Waals surface area contributed by atoms with Crippen LogP contribution in [0.25, 0.3) is 0 Å². The summed E-state index contributed by atoms with van der Waals surface area (Å²) in [7, 11) is 0. The number of nitrogens with zero attached hydrogens (tertiary/aromatic N) is 1. The van der Waals surface area contributed by atoms with Gasteiger partial charge in [-0.1, -0.05) is 23.8 Å². The van der Waals surface area contributed by atoms with Crippen molar-refractivity contribution in [3.05, 3.63) is 45.5 Å². The summed E-state index contributed by atoms with van der Waals surface area (Å²) in [4.78, 5) is 33.8. The van der Waals surface area contributed by atoms with Gasteiger partial charge in [0, 0.05) is 23.6 Å². The average Bonchev–Trinajstić information content (AvgIpc) is 3.09. The number of hydrogen-bond acceptors (Lipinski definition) is 6. The predicted molar refractivity (Wildman–Crippen MR) is 76.5 cm³/mol. The van der Waals surface area contributed by atoms with Crippen LogP contribution in [0.15, 0.2) is 30.4 Å². The summed E-state index contributed by atoms with van der Waals surface area (Å²) < 4.78 is 5.38. The molecule has 1 N–H and O–H groups in total. The molecule has 3 rings (SSSR count). The molecule has 0 unspecified atom stereocenters. The Hall–Kier alpha value is -2.45. The molecule has 1 aromatic carbocycles. The van der Waals surface area contributed by atoms with Crippen molar-refractivity contribution in [3.8, 4) is 0 Å². The number of nitro groups is 1. The highest BCUT2D eigenvalue weighted by Crippen LogP contribution is 2.39. The molecule has 4 atom stereocenters. The van der Waals surface area contributed by atoms with E-state index >= 15 is 0 Å². The van der Waals surface area contributed by atoms with E-state index in [0.717, 1.165) is 6.07 Å². The fourth-order valence-corrected chi connectivity index (χ4v) is 3.04. The van der Waals surface area contributed by atoms with Crippen LogP contribution >= 0.6 is 11.6 Å². The Kier molecular flexibility index (Phi) is 3.78. The Labute approximate surface area is 134 Å². The molecule has 0 radical (unpaired) electrons. The number of fused-ring (bicyclic) bond motifs is 2. The summed E-state index contributed by atoms with van der Waals surface area (Å²) in [6, 6.07) is 3.78. The molecule has 0 spiro atoms. The van der Waals surface area contributed by atoms with E-state index in [1.165, 1.54) is 12.1 Å². The number of aliphatic carboxylic acids is 1. The van der Waals surface area contributed by atoms with E-state index in [0.29, 0.717) is 0 Å². The number of nitrogens with one attached hydrogen (secondary N) is 1. The molecule has 1 amide bonds. The molecule has 0 aliphatic carbocycles. The molecule has 2 bridgehead atoms. The largest absolute Gasteiger partial charge is 0.550 e. The first-order valence-corrected chi connectivity index (χ1v) is 7.05. The van der Waals surface area contributed by atoms with Gasteiger partial charge in [0.1, 0.15) is 5.02 Å². The Morgan fingerprint density at radius 3 is 2.48 bits per heavy atom. The number of anilines is 1. The molecule has 2 aliphatic heterocycles. The molecule has 0 aromatic heterocycles. The van der Waals surface area contributed by atoms with Crippen LogP contribution in [0, 0.1) is 22.0 Å². The monoisotopic (exact) mass is 337 g/mol. The Morgan fingerprint density at radius 2 is 1.87 bits per heavy atom. The molecule has 2 aliphatic rings. The van der Waals surface area contributed by atoms with Gasteiger partial charge in [0.15, 0.2) is 0 Å². The van der Waals surface area contributed by atoms with Crippen molar-refractivity contribution >= 4 is 34.9 Å². The lowest BCUT2D eigenvalue weighted by molar-refractivity contribution is -0.384. The van der Waals surface area contributed by atoms with Crippen LogP contribution in [-0.2, 0) is 14.3 Å². The second-order valence-corrected chi connectivity index (χ2v) is 5.64. The number of carboxylic acid groups (broad SMARTS) is 1. The maximum absolute atomic E-state index is 12.4. The number of amides is 1. The summed E-state index contributed by atoms with van der Waals surface area (Å²) in [5.74, 6) is -4.02. The fourth-order valence-electron chi connectivity index (χ4n) is 2.86. The summed E-state index contributed by atoms with van der Waals surface area (Å²) in [5.41, 5.74) is -0.208. The first kappa shape index (κ1) is 15.4. The van der Waals surface area contributed by atoms with Gasteiger partial charge in [-0.05, 0) is 12.1 Å². The lowest BCUT2D eigenvalue weighted by Gasteiger charge is -2.24. The Morgan fingerprint density at radius 1 is 1.22 bits per heavy atom. The summed E-state index contributed by atoms with van der Waals surface area (Å²) in [5, 5.41) is 24.5. The molecule has 1 saturated heterocycles. The van der Waals surface area contributed by atoms with E-state index < -0.39 is 40.8 Å². The number of nitro benzene ring substituents is 1. The number of benzene rings is 1. The third-order valence-electron chi connectivity index (χ3n) is 3.88. The van der Waals surface area contributed by atoms with E-state index in [9.17, 15) is 24.8 Å². The van der Waals surface area contributed by atoms with Crippen molar-refractivity contribution in [2.75, 3.05) is 5.32 Å². The number of halogens is 1. The maximum Gasteiger partial charge on any atom is 0.289 e. The zero-order valence-electron chi connectivity index (χ0n) is 11.5. The Balaban J connectivity index is 1.82. The minimum atomic E-state index is -1.37. The fraction of sp³-hybridized carbons (Fsp3) is 0.286. The lowest BCUT2D eigenvalue weighted by atomic mass is 9.82. The van der Waals surface area contributed by atoms with Crippen molar-refractivity contribution < 1.29 is 24.4 Å². The van der Waals surface area contributed by atoms with Crippen molar-refractivity contribution in [3.63, 3.8) is 0 Å². The van der Waals surface area contributed by atoms with Crippen LogP contribution in [-0.4, -0.2) is 29.0 Å². The summed E-state index contributed by atoms with van der Waals surface area (Å²) in [6.45, 7) is 0. The van der Waals surface area contributed by atoms with Gasteiger partial charge >= 0.3 is 0 Å². The molecule has 0 saturated carbocycles. The van der Waals surface area contributed by atoms with Crippen molar-refractivity contribution in [2.24, 2.45) is 11.8 Å². The summed E-state index contributed by atoms with van der Waals surface area (Å²) >= 11 is 5.70. The van der Waals surface area contributed by atoms with Gasteiger partial charge in [-0.2, -0.15) is 0 Å². The standard InChI is InChI=1S/C14H11ClN2O6/c15-7-2-1-6(5-8(7)17(21)22)16-13(18)11-9-3-4-10(23-9)12(11)14(19)20/h1-5,9-12H,(H,16,18)(H,19,20)/p-1/t9-,10+,11+,12-/m0/s1. The van der Waals surface area contributed by atoms with Gasteiger partial charge in [0.05, 0.1) is 23.0 Å².